The van der Waals surface area contributed by atoms with E-state index in [1.807, 2.05) is 5.57 Å². The Morgan fingerprint density at radius 1 is 0.952 bits per heavy atom. The first-order chi connectivity index (χ1) is 10.2. The van der Waals surface area contributed by atoms with Crippen molar-refractivity contribution >= 4 is 5.57 Å². The predicted molar refractivity (Wildman–Crippen MR) is 92.7 cm³/mol. The number of fused-ring (bicyclic) bond motifs is 2. The van der Waals surface area contributed by atoms with Gasteiger partial charge < -0.3 is 0 Å². The molecule has 0 heterocycles. The van der Waals surface area contributed by atoms with Crippen LogP contribution < -0.4 is 0 Å². The molecule has 0 amide bonds. The van der Waals surface area contributed by atoms with Crippen molar-refractivity contribution in [2.75, 3.05) is 0 Å². The highest BCUT2D eigenvalue weighted by Crippen LogP contribution is 2.56. The molecule has 0 atom stereocenters. The van der Waals surface area contributed by atoms with Crippen molar-refractivity contribution < 1.29 is 0 Å². The minimum Gasteiger partial charge on any atom is -0.0651 e. The molecule has 0 heteroatoms. The van der Waals surface area contributed by atoms with Crippen LogP contribution in [0.25, 0.3) is 5.57 Å². The highest BCUT2D eigenvalue weighted by molar-refractivity contribution is 5.80. The predicted octanol–water partition coefficient (Wildman–Crippen LogP) is 6.56. The average molecular weight is 282 g/mol. The molecule has 3 rings (SSSR count). The monoisotopic (exact) mass is 282 g/mol. The zero-order valence-electron chi connectivity index (χ0n) is 14.1. The van der Waals surface area contributed by atoms with Gasteiger partial charge in [-0.15, -0.1) is 0 Å². The Morgan fingerprint density at radius 3 is 2.33 bits per heavy atom. The molecule has 1 fully saturated rings. The van der Waals surface area contributed by atoms with Gasteiger partial charge in [0.25, 0.3) is 0 Å². The third kappa shape index (κ3) is 2.37. The van der Waals surface area contributed by atoms with Gasteiger partial charge >= 0.3 is 0 Å². The summed E-state index contributed by atoms with van der Waals surface area (Å²) >= 11 is 0. The standard InChI is InChI=1S/C21H30/c1-4-9-17-18-12-11-16(3)15-20(18)21(19(17)10-5-2)13-7-6-8-14-21/h11-12,15H,4-10,13-14H2,1-3H3. The van der Waals surface area contributed by atoms with Gasteiger partial charge in [-0.3, -0.25) is 0 Å². The highest BCUT2D eigenvalue weighted by Gasteiger charge is 2.44. The van der Waals surface area contributed by atoms with E-state index in [0.29, 0.717) is 5.41 Å². The second kappa shape index (κ2) is 5.99. The van der Waals surface area contributed by atoms with Crippen molar-refractivity contribution in [3.05, 3.63) is 40.5 Å². The Balaban J connectivity index is 2.17. The van der Waals surface area contributed by atoms with Crippen LogP contribution in [0.3, 0.4) is 0 Å². The minimum atomic E-state index is 0.417. The van der Waals surface area contributed by atoms with Crippen molar-refractivity contribution in [2.24, 2.45) is 0 Å². The third-order valence-corrected chi connectivity index (χ3v) is 5.66. The van der Waals surface area contributed by atoms with Gasteiger partial charge in [0.05, 0.1) is 0 Å². The normalized spacial score (nSPS) is 20.1. The average Bonchev–Trinajstić information content (AvgIpc) is 2.72. The summed E-state index contributed by atoms with van der Waals surface area (Å²) in [6.45, 7) is 6.94. The van der Waals surface area contributed by atoms with Crippen LogP contribution in [0.5, 0.6) is 0 Å². The zero-order valence-corrected chi connectivity index (χ0v) is 14.1. The molecular weight excluding hydrogens is 252 g/mol. The topological polar surface area (TPSA) is 0 Å². The van der Waals surface area contributed by atoms with Crippen molar-refractivity contribution in [1.29, 1.82) is 0 Å². The summed E-state index contributed by atoms with van der Waals surface area (Å²) in [6, 6.07) is 7.26. The van der Waals surface area contributed by atoms with Crippen molar-refractivity contribution in [1.82, 2.24) is 0 Å². The number of hydrogen-bond acceptors (Lipinski definition) is 0. The molecule has 1 saturated carbocycles. The molecule has 1 aromatic carbocycles. The Bertz CT molecular complexity index is 541. The first-order valence-corrected chi connectivity index (χ1v) is 9.07. The maximum atomic E-state index is 2.51. The second-order valence-electron chi connectivity index (χ2n) is 7.15. The lowest BCUT2D eigenvalue weighted by Gasteiger charge is -2.38. The van der Waals surface area contributed by atoms with Gasteiger partial charge in [-0.2, -0.15) is 0 Å². The Morgan fingerprint density at radius 2 is 1.67 bits per heavy atom. The summed E-state index contributed by atoms with van der Waals surface area (Å²) in [7, 11) is 0. The molecule has 0 bridgehead atoms. The second-order valence-corrected chi connectivity index (χ2v) is 7.15. The SMILES string of the molecule is CCCC1=C(CCC)C2(CCCCC2)c2cc(C)ccc21. The van der Waals surface area contributed by atoms with Crippen LogP contribution in [0.4, 0.5) is 0 Å². The number of aryl methyl sites for hydroxylation is 1. The fourth-order valence-corrected chi connectivity index (χ4v) is 4.83. The fraction of sp³-hybridized carbons (Fsp3) is 0.619. The molecule has 2 aliphatic rings. The van der Waals surface area contributed by atoms with E-state index in [1.54, 1.807) is 16.7 Å². The zero-order chi connectivity index (χ0) is 14.9. The number of hydrogen-bond donors (Lipinski definition) is 0. The lowest BCUT2D eigenvalue weighted by atomic mass is 9.66. The van der Waals surface area contributed by atoms with Crippen molar-refractivity contribution in [3.8, 4) is 0 Å². The summed E-state index contributed by atoms with van der Waals surface area (Å²) in [5.41, 5.74) is 8.69. The molecule has 0 unspecified atom stereocenters. The quantitative estimate of drug-likeness (QED) is 0.586. The van der Waals surface area contributed by atoms with E-state index in [4.69, 9.17) is 0 Å². The summed E-state index contributed by atoms with van der Waals surface area (Å²) in [6.07, 6.45) is 12.2. The maximum Gasteiger partial charge on any atom is 0.0174 e. The molecule has 0 radical (unpaired) electrons. The van der Waals surface area contributed by atoms with Crippen LogP contribution in [-0.4, -0.2) is 0 Å². The van der Waals surface area contributed by atoms with E-state index < -0.39 is 0 Å². The lowest BCUT2D eigenvalue weighted by molar-refractivity contribution is 0.337. The van der Waals surface area contributed by atoms with Crippen LogP contribution in [-0.2, 0) is 5.41 Å². The van der Waals surface area contributed by atoms with Gasteiger partial charge in [-0.05, 0) is 49.3 Å². The number of allylic oxidation sites excluding steroid dienone is 2. The Labute approximate surface area is 130 Å². The molecule has 0 aromatic heterocycles. The Hall–Kier alpha value is -1.04. The summed E-state index contributed by atoms with van der Waals surface area (Å²) in [5, 5.41) is 0. The molecule has 1 spiro atoms. The van der Waals surface area contributed by atoms with Crippen LogP contribution in [0, 0.1) is 6.92 Å². The van der Waals surface area contributed by atoms with E-state index in [1.165, 1.54) is 63.4 Å². The molecule has 0 nitrogen and oxygen atoms in total. The van der Waals surface area contributed by atoms with E-state index >= 15 is 0 Å². The molecule has 2 aliphatic carbocycles. The lowest BCUT2D eigenvalue weighted by Crippen LogP contribution is -2.29. The molecular formula is C21H30. The van der Waals surface area contributed by atoms with Crippen molar-refractivity contribution in [3.63, 3.8) is 0 Å². The van der Waals surface area contributed by atoms with E-state index in [2.05, 4.69) is 39.0 Å². The van der Waals surface area contributed by atoms with Crippen LogP contribution in [0.15, 0.2) is 23.8 Å². The van der Waals surface area contributed by atoms with Gasteiger partial charge in [0.1, 0.15) is 0 Å². The van der Waals surface area contributed by atoms with E-state index in [-0.39, 0.29) is 0 Å². The first kappa shape index (κ1) is 14.9. The third-order valence-electron chi connectivity index (χ3n) is 5.66. The molecule has 0 N–H and O–H groups in total. The summed E-state index contributed by atoms with van der Waals surface area (Å²) in [5.74, 6) is 0. The molecule has 0 aliphatic heterocycles. The van der Waals surface area contributed by atoms with Gasteiger partial charge in [0.2, 0.25) is 0 Å². The minimum absolute atomic E-state index is 0.417. The van der Waals surface area contributed by atoms with Gasteiger partial charge in [-0.25, -0.2) is 0 Å². The number of rotatable bonds is 4. The van der Waals surface area contributed by atoms with Crippen LogP contribution >= 0.6 is 0 Å². The molecule has 1 aromatic rings. The Kier molecular flexibility index (Phi) is 4.24. The molecule has 114 valence electrons. The number of benzene rings is 1. The van der Waals surface area contributed by atoms with Gasteiger partial charge in [0.15, 0.2) is 0 Å². The molecule has 0 saturated heterocycles. The van der Waals surface area contributed by atoms with E-state index in [9.17, 15) is 0 Å². The van der Waals surface area contributed by atoms with Gasteiger partial charge in [-0.1, -0.05) is 75.3 Å². The maximum absolute atomic E-state index is 2.51. The summed E-state index contributed by atoms with van der Waals surface area (Å²) in [4.78, 5) is 0. The van der Waals surface area contributed by atoms with Gasteiger partial charge in [0, 0.05) is 5.41 Å². The van der Waals surface area contributed by atoms with Crippen LogP contribution in [0.2, 0.25) is 0 Å². The van der Waals surface area contributed by atoms with Crippen LogP contribution in [0.1, 0.15) is 88.3 Å². The van der Waals surface area contributed by atoms with Crippen molar-refractivity contribution in [2.45, 2.75) is 84.0 Å². The highest BCUT2D eigenvalue weighted by atomic mass is 14.5. The largest absolute Gasteiger partial charge is 0.0651 e. The smallest absolute Gasteiger partial charge is 0.0174 e. The summed E-state index contributed by atoms with van der Waals surface area (Å²) < 4.78 is 0. The van der Waals surface area contributed by atoms with E-state index in [0.717, 1.165) is 0 Å². The fourth-order valence-electron chi connectivity index (χ4n) is 4.83. The molecule has 21 heavy (non-hydrogen) atoms. The first-order valence-electron chi connectivity index (χ1n) is 9.07.